The Bertz CT molecular complexity index is 3220. The molecule has 262 valence electrons. The van der Waals surface area contributed by atoms with Gasteiger partial charge in [0.2, 0.25) is 0 Å². The molecule has 0 N–H and O–H groups in total. The zero-order chi connectivity index (χ0) is 37.0. The second-order valence-corrected chi connectivity index (χ2v) is 15.1. The molecule has 0 aliphatic carbocycles. The van der Waals surface area contributed by atoms with Crippen LogP contribution in [-0.2, 0) is 0 Å². The lowest BCUT2D eigenvalue weighted by Crippen LogP contribution is -1.96. The van der Waals surface area contributed by atoms with E-state index in [0.29, 0.717) is 5.82 Å². The Morgan fingerprint density at radius 3 is 1.82 bits per heavy atom. The van der Waals surface area contributed by atoms with Crippen LogP contribution in [0.3, 0.4) is 0 Å². The van der Waals surface area contributed by atoms with Crippen LogP contribution in [0.1, 0.15) is 0 Å². The molecule has 56 heavy (non-hydrogen) atoms. The molecule has 7 aromatic carbocycles. The summed E-state index contributed by atoms with van der Waals surface area (Å²) in [6.07, 6.45) is 3.69. The van der Waals surface area contributed by atoms with Crippen molar-refractivity contribution in [3.8, 4) is 67.3 Å². The Labute approximate surface area is 327 Å². The summed E-state index contributed by atoms with van der Waals surface area (Å²) in [5, 5.41) is 4.67. The van der Waals surface area contributed by atoms with Crippen molar-refractivity contribution in [2.24, 2.45) is 0 Å². The highest BCUT2D eigenvalue weighted by molar-refractivity contribution is 7.25. The number of fused-ring (bicyclic) bond motifs is 6. The average Bonchev–Trinajstić information content (AvgIpc) is 3.85. The molecule has 0 saturated heterocycles. The van der Waals surface area contributed by atoms with Crippen LogP contribution in [0.2, 0.25) is 0 Å². The minimum Gasteiger partial charge on any atom is -0.455 e. The van der Waals surface area contributed by atoms with Gasteiger partial charge in [0.1, 0.15) is 11.2 Å². The van der Waals surface area contributed by atoms with Crippen molar-refractivity contribution < 1.29 is 4.42 Å². The lowest BCUT2D eigenvalue weighted by atomic mass is 9.95. The highest BCUT2D eigenvalue weighted by Gasteiger charge is 2.20. The van der Waals surface area contributed by atoms with E-state index in [1.165, 1.54) is 20.2 Å². The van der Waals surface area contributed by atoms with Crippen molar-refractivity contribution in [2.75, 3.05) is 0 Å². The molecule has 0 radical (unpaired) electrons. The molecular weight excluding hydrogens is 703 g/mol. The Balaban J connectivity index is 1.04. The van der Waals surface area contributed by atoms with Gasteiger partial charge < -0.3 is 4.42 Å². The third-order valence-corrected chi connectivity index (χ3v) is 11.8. The number of thiophene rings is 1. The molecule has 0 amide bonds. The second-order valence-electron chi connectivity index (χ2n) is 14.0. The lowest BCUT2D eigenvalue weighted by Gasteiger charge is -2.12. The summed E-state index contributed by atoms with van der Waals surface area (Å²) < 4.78 is 9.30. The number of aromatic nitrogens is 3. The predicted molar refractivity (Wildman–Crippen MR) is 233 cm³/mol. The minimum absolute atomic E-state index is 0.667. The number of rotatable bonds is 6. The summed E-state index contributed by atoms with van der Waals surface area (Å²) in [5.74, 6) is 0.667. The monoisotopic (exact) mass is 733 g/mol. The standard InChI is InChI=1S/C51H31N3OS/c1-2-9-35(10-3-1)44-30-45(54-51(53-44)36-22-20-33(21-23-36)32-16-18-34(19-17-32)38-11-8-28-52-31-38)42-27-26-39(50-49(42)43-13-4-6-14-46(43)55-50)37-24-25-41-40-12-5-7-15-47(40)56-48(41)29-37/h1-31H. The van der Waals surface area contributed by atoms with E-state index < -0.39 is 0 Å². The zero-order valence-electron chi connectivity index (χ0n) is 30.1. The highest BCUT2D eigenvalue weighted by atomic mass is 32.1. The number of furan rings is 1. The maximum atomic E-state index is 6.75. The smallest absolute Gasteiger partial charge is 0.160 e. The van der Waals surface area contributed by atoms with Gasteiger partial charge in [-0.3, -0.25) is 4.98 Å². The Kier molecular flexibility index (Phi) is 7.64. The van der Waals surface area contributed by atoms with Crippen LogP contribution >= 0.6 is 11.3 Å². The van der Waals surface area contributed by atoms with Gasteiger partial charge in [0.15, 0.2) is 5.82 Å². The fraction of sp³-hybridized carbons (Fsp3) is 0. The maximum Gasteiger partial charge on any atom is 0.160 e. The molecule has 0 unspecified atom stereocenters. The number of pyridine rings is 1. The third-order valence-electron chi connectivity index (χ3n) is 10.6. The third kappa shape index (κ3) is 5.56. The normalized spacial score (nSPS) is 11.6. The number of hydrogen-bond donors (Lipinski definition) is 0. The minimum atomic E-state index is 0.667. The molecule has 11 rings (SSSR count). The van der Waals surface area contributed by atoms with Crippen LogP contribution in [0.15, 0.2) is 193 Å². The largest absolute Gasteiger partial charge is 0.455 e. The predicted octanol–water partition coefficient (Wildman–Crippen LogP) is 14.1. The van der Waals surface area contributed by atoms with E-state index >= 15 is 0 Å². The van der Waals surface area contributed by atoms with Gasteiger partial charge in [-0.15, -0.1) is 11.3 Å². The highest BCUT2D eigenvalue weighted by Crippen LogP contribution is 2.44. The van der Waals surface area contributed by atoms with Gasteiger partial charge in [-0.05, 0) is 64.2 Å². The summed E-state index contributed by atoms with van der Waals surface area (Å²) in [6, 6.07) is 61.7. The van der Waals surface area contributed by atoms with Crippen LogP contribution in [0.25, 0.3) is 109 Å². The fourth-order valence-corrected chi connectivity index (χ4v) is 8.98. The molecule has 5 heteroatoms. The van der Waals surface area contributed by atoms with Crippen molar-refractivity contribution in [1.82, 2.24) is 15.0 Å². The molecule has 4 aromatic heterocycles. The molecule has 0 fully saturated rings. The van der Waals surface area contributed by atoms with E-state index in [1.807, 2.05) is 41.8 Å². The molecule has 0 aliphatic heterocycles. The van der Waals surface area contributed by atoms with Crippen LogP contribution in [0.5, 0.6) is 0 Å². The molecule has 0 aliphatic rings. The first-order valence-electron chi connectivity index (χ1n) is 18.7. The summed E-state index contributed by atoms with van der Waals surface area (Å²) in [5.41, 5.74) is 13.1. The number of nitrogens with zero attached hydrogens (tertiary/aromatic N) is 3. The maximum absolute atomic E-state index is 6.75. The van der Waals surface area contributed by atoms with Crippen molar-refractivity contribution >= 4 is 53.4 Å². The molecule has 0 bridgehead atoms. The Morgan fingerprint density at radius 1 is 0.411 bits per heavy atom. The first-order valence-corrected chi connectivity index (χ1v) is 19.5. The molecule has 0 atom stereocenters. The molecule has 0 saturated carbocycles. The molecule has 11 aromatic rings. The SMILES string of the molecule is c1ccc(-c2cc(-c3ccc(-c4ccc5c(c4)sc4ccccc45)c4oc5ccccc5c34)nc(-c3ccc(-c4ccc(-c5cccnc5)cc4)cc3)n2)cc1. The summed E-state index contributed by atoms with van der Waals surface area (Å²) >= 11 is 1.83. The van der Waals surface area contributed by atoms with Crippen molar-refractivity contribution in [3.63, 3.8) is 0 Å². The van der Waals surface area contributed by atoms with Gasteiger partial charge in [-0.2, -0.15) is 0 Å². The number of hydrogen-bond acceptors (Lipinski definition) is 5. The van der Waals surface area contributed by atoms with E-state index in [9.17, 15) is 0 Å². The number of para-hydroxylation sites is 1. The first kappa shape index (κ1) is 32.2. The summed E-state index contributed by atoms with van der Waals surface area (Å²) in [6.45, 7) is 0. The summed E-state index contributed by atoms with van der Waals surface area (Å²) in [4.78, 5) is 14.7. The zero-order valence-corrected chi connectivity index (χ0v) is 30.9. The molecule has 4 nitrogen and oxygen atoms in total. The van der Waals surface area contributed by atoms with Crippen molar-refractivity contribution in [2.45, 2.75) is 0 Å². The van der Waals surface area contributed by atoms with Crippen LogP contribution < -0.4 is 0 Å². The number of benzene rings is 7. The van der Waals surface area contributed by atoms with Gasteiger partial charge in [-0.25, -0.2) is 9.97 Å². The Hall–Kier alpha value is -7.21. The average molecular weight is 734 g/mol. The van der Waals surface area contributed by atoms with Crippen LogP contribution in [0.4, 0.5) is 0 Å². The second kappa shape index (κ2) is 13.3. The molecule has 4 heterocycles. The quantitative estimate of drug-likeness (QED) is 0.171. The van der Waals surface area contributed by atoms with E-state index in [2.05, 4.69) is 157 Å². The van der Waals surface area contributed by atoms with Crippen LogP contribution in [-0.4, -0.2) is 15.0 Å². The first-order chi connectivity index (χ1) is 27.7. The van der Waals surface area contributed by atoms with Gasteiger partial charge >= 0.3 is 0 Å². The van der Waals surface area contributed by atoms with E-state index in [1.54, 1.807) is 6.20 Å². The summed E-state index contributed by atoms with van der Waals surface area (Å²) in [7, 11) is 0. The van der Waals surface area contributed by atoms with Gasteiger partial charge in [-0.1, -0.05) is 140 Å². The topological polar surface area (TPSA) is 51.8 Å². The van der Waals surface area contributed by atoms with Gasteiger partial charge in [0, 0.05) is 65.6 Å². The van der Waals surface area contributed by atoms with Crippen molar-refractivity contribution in [3.05, 3.63) is 188 Å². The Morgan fingerprint density at radius 2 is 1.04 bits per heavy atom. The van der Waals surface area contributed by atoms with E-state index in [4.69, 9.17) is 14.4 Å². The molecular formula is C51H31N3OS. The van der Waals surface area contributed by atoms with Gasteiger partial charge in [0.25, 0.3) is 0 Å². The van der Waals surface area contributed by atoms with Crippen LogP contribution in [0, 0.1) is 0 Å². The lowest BCUT2D eigenvalue weighted by molar-refractivity contribution is 0.670. The molecule has 0 spiro atoms. The fourth-order valence-electron chi connectivity index (χ4n) is 7.83. The van der Waals surface area contributed by atoms with E-state index in [0.717, 1.165) is 83.4 Å². The van der Waals surface area contributed by atoms with Crippen molar-refractivity contribution in [1.29, 1.82) is 0 Å². The van der Waals surface area contributed by atoms with E-state index in [-0.39, 0.29) is 0 Å². The van der Waals surface area contributed by atoms with Gasteiger partial charge in [0.05, 0.1) is 11.4 Å².